The van der Waals surface area contributed by atoms with E-state index in [4.69, 9.17) is 9.84 Å². The number of anilines is 1. The maximum atomic E-state index is 13.4. The highest BCUT2D eigenvalue weighted by Crippen LogP contribution is 2.33. The summed E-state index contributed by atoms with van der Waals surface area (Å²) in [5, 5.41) is 7.98. The summed E-state index contributed by atoms with van der Waals surface area (Å²) in [4.78, 5) is 8.68. The summed E-state index contributed by atoms with van der Waals surface area (Å²) < 4.78 is 21.1. The van der Waals surface area contributed by atoms with E-state index in [-0.39, 0.29) is 12.0 Å². The number of aromatic nitrogens is 4. The molecule has 1 aromatic carbocycles. The maximum Gasteiger partial charge on any atom is 0.150 e. The summed E-state index contributed by atoms with van der Waals surface area (Å²) in [6, 6.07) is 8.26. The van der Waals surface area contributed by atoms with E-state index in [1.54, 1.807) is 12.1 Å². The van der Waals surface area contributed by atoms with Crippen molar-refractivity contribution >= 4 is 5.82 Å². The minimum atomic E-state index is -0.271. The van der Waals surface area contributed by atoms with Gasteiger partial charge in [-0.05, 0) is 50.5 Å². The topological polar surface area (TPSA) is 64.9 Å². The van der Waals surface area contributed by atoms with E-state index in [0.717, 1.165) is 60.7 Å². The molecule has 2 aromatic heterocycles. The molecule has 3 heterocycles. The zero-order chi connectivity index (χ0) is 18.6. The molecule has 4 rings (SSSR count). The Balaban J connectivity index is 1.79. The van der Waals surface area contributed by atoms with E-state index in [2.05, 4.69) is 15.3 Å². The van der Waals surface area contributed by atoms with Crippen LogP contribution >= 0.6 is 0 Å². The number of hydrogen-bond acceptors (Lipinski definition) is 5. The summed E-state index contributed by atoms with van der Waals surface area (Å²) in [6.07, 6.45) is 6.54. The lowest BCUT2D eigenvalue weighted by atomic mass is 10.1. The summed E-state index contributed by atoms with van der Waals surface area (Å²) in [6.45, 7) is 3.53. The third kappa shape index (κ3) is 3.83. The molecule has 27 heavy (non-hydrogen) atoms. The maximum absolute atomic E-state index is 13.4. The van der Waals surface area contributed by atoms with Crippen molar-refractivity contribution in [2.75, 3.05) is 18.5 Å². The highest BCUT2D eigenvalue weighted by Gasteiger charge is 2.21. The van der Waals surface area contributed by atoms with Gasteiger partial charge in [-0.2, -0.15) is 5.10 Å². The molecule has 0 aliphatic carbocycles. The van der Waals surface area contributed by atoms with Crippen molar-refractivity contribution in [2.45, 2.75) is 32.4 Å². The Morgan fingerprint density at radius 3 is 2.81 bits per heavy atom. The van der Waals surface area contributed by atoms with Crippen LogP contribution in [-0.4, -0.2) is 32.9 Å². The van der Waals surface area contributed by atoms with Crippen LogP contribution in [-0.2, 0) is 4.74 Å². The van der Waals surface area contributed by atoms with E-state index in [0.29, 0.717) is 0 Å². The fraction of sp³-hybridized carbons (Fsp3) is 0.350. The molecule has 0 saturated carbocycles. The van der Waals surface area contributed by atoms with Gasteiger partial charge in [0.1, 0.15) is 29.9 Å². The number of benzene rings is 1. The van der Waals surface area contributed by atoms with Gasteiger partial charge in [-0.1, -0.05) is 0 Å². The van der Waals surface area contributed by atoms with Gasteiger partial charge in [0.05, 0.1) is 5.69 Å². The predicted octanol–water partition coefficient (Wildman–Crippen LogP) is 4.28. The minimum absolute atomic E-state index is 0.0817. The van der Waals surface area contributed by atoms with Crippen molar-refractivity contribution in [2.24, 2.45) is 0 Å². The van der Waals surface area contributed by atoms with Crippen LogP contribution in [0.25, 0.3) is 22.5 Å². The second-order valence-corrected chi connectivity index (χ2v) is 6.52. The molecule has 6 nitrogen and oxygen atoms in total. The molecule has 1 N–H and O–H groups in total. The van der Waals surface area contributed by atoms with Crippen LogP contribution in [0.15, 0.2) is 42.9 Å². The molecule has 3 aromatic rings. The van der Waals surface area contributed by atoms with E-state index < -0.39 is 0 Å². The lowest BCUT2D eigenvalue weighted by Crippen LogP contribution is -2.18. The fourth-order valence-electron chi connectivity index (χ4n) is 3.26. The van der Waals surface area contributed by atoms with Crippen LogP contribution in [0.3, 0.4) is 0 Å². The summed E-state index contributed by atoms with van der Waals surface area (Å²) >= 11 is 0. The first-order valence-corrected chi connectivity index (χ1v) is 9.27. The number of nitrogens with one attached hydrogen (secondary N) is 1. The average molecular weight is 367 g/mol. The van der Waals surface area contributed by atoms with Gasteiger partial charge in [0.15, 0.2) is 0 Å². The van der Waals surface area contributed by atoms with Crippen LogP contribution in [0.1, 0.15) is 32.4 Å². The molecular weight excluding hydrogens is 345 g/mol. The van der Waals surface area contributed by atoms with E-state index >= 15 is 0 Å². The van der Waals surface area contributed by atoms with Gasteiger partial charge in [0.25, 0.3) is 0 Å². The van der Waals surface area contributed by atoms with Crippen molar-refractivity contribution in [1.29, 1.82) is 0 Å². The van der Waals surface area contributed by atoms with Gasteiger partial charge in [0, 0.05) is 36.5 Å². The van der Waals surface area contributed by atoms with Gasteiger partial charge in [-0.15, -0.1) is 0 Å². The van der Waals surface area contributed by atoms with Gasteiger partial charge in [-0.3, -0.25) is 0 Å². The number of hydrogen-bond donors (Lipinski definition) is 1. The second-order valence-electron chi connectivity index (χ2n) is 6.52. The first kappa shape index (κ1) is 17.6. The Hall–Kier alpha value is -2.80. The highest BCUT2D eigenvalue weighted by molar-refractivity contribution is 5.79. The smallest absolute Gasteiger partial charge is 0.150 e. The molecule has 0 amide bonds. The molecule has 7 heteroatoms. The molecule has 1 atom stereocenters. The largest absolute Gasteiger partial charge is 0.370 e. The summed E-state index contributed by atoms with van der Waals surface area (Å²) in [7, 11) is 0. The molecule has 1 aliphatic rings. The molecular formula is C20H22FN5O. The standard InChI is InChI=1S/C20H22FN5O/c1-2-22-18-11-17(23-13-24-18)16-12-26(19-5-3-4-10-27-19)25-20(16)14-6-8-15(21)9-7-14/h6-9,11-13,19H,2-5,10H2,1H3,(H,22,23,24). The molecule has 1 aliphatic heterocycles. The molecule has 1 fully saturated rings. The molecule has 140 valence electrons. The minimum Gasteiger partial charge on any atom is -0.370 e. The molecule has 1 saturated heterocycles. The van der Waals surface area contributed by atoms with Gasteiger partial charge < -0.3 is 10.1 Å². The van der Waals surface area contributed by atoms with E-state index in [1.807, 2.05) is 23.9 Å². The normalized spacial score (nSPS) is 17.0. The van der Waals surface area contributed by atoms with Crippen molar-refractivity contribution < 1.29 is 9.13 Å². The lowest BCUT2D eigenvalue weighted by Gasteiger charge is -2.22. The Morgan fingerprint density at radius 1 is 1.22 bits per heavy atom. The van der Waals surface area contributed by atoms with Crippen molar-refractivity contribution in [3.63, 3.8) is 0 Å². The van der Waals surface area contributed by atoms with Crippen LogP contribution in [0, 0.1) is 5.82 Å². The molecule has 0 spiro atoms. The average Bonchev–Trinajstić information content (AvgIpc) is 3.15. The zero-order valence-electron chi connectivity index (χ0n) is 15.2. The van der Waals surface area contributed by atoms with Gasteiger partial charge in [0.2, 0.25) is 0 Å². The Morgan fingerprint density at radius 2 is 2.07 bits per heavy atom. The molecule has 0 radical (unpaired) electrons. The van der Waals surface area contributed by atoms with Crippen molar-refractivity contribution in [1.82, 2.24) is 19.7 Å². The van der Waals surface area contributed by atoms with Crippen LogP contribution in [0.4, 0.5) is 10.2 Å². The summed E-state index contributed by atoms with van der Waals surface area (Å²) in [5.74, 6) is 0.487. The SMILES string of the molecule is CCNc1cc(-c2cn(C3CCCCO3)nc2-c2ccc(F)cc2)ncn1. The first-order chi connectivity index (χ1) is 13.2. The molecule has 0 bridgehead atoms. The number of ether oxygens (including phenoxy) is 1. The Kier molecular flexibility index (Phi) is 5.11. The number of nitrogens with zero attached hydrogens (tertiary/aromatic N) is 4. The first-order valence-electron chi connectivity index (χ1n) is 9.27. The van der Waals surface area contributed by atoms with Crippen LogP contribution in [0.5, 0.6) is 0 Å². The zero-order valence-corrected chi connectivity index (χ0v) is 15.2. The Bertz CT molecular complexity index is 903. The Labute approximate surface area is 157 Å². The molecule has 1 unspecified atom stereocenters. The third-order valence-corrected chi connectivity index (χ3v) is 4.60. The van der Waals surface area contributed by atoms with Crippen LogP contribution < -0.4 is 5.32 Å². The van der Waals surface area contributed by atoms with Gasteiger partial charge in [-0.25, -0.2) is 19.0 Å². The monoisotopic (exact) mass is 367 g/mol. The predicted molar refractivity (Wildman–Crippen MR) is 102 cm³/mol. The lowest BCUT2D eigenvalue weighted by molar-refractivity contribution is -0.0393. The van der Waals surface area contributed by atoms with Crippen LogP contribution in [0.2, 0.25) is 0 Å². The van der Waals surface area contributed by atoms with E-state index in [1.165, 1.54) is 18.5 Å². The van der Waals surface area contributed by atoms with Crippen molar-refractivity contribution in [3.8, 4) is 22.5 Å². The van der Waals surface area contributed by atoms with Crippen molar-refractivity contribution in [3.05, 3.63) is 48.7 Å². The summed E-state index contributed by atoms with van der Waals surface area (Å²) in [5.41, 5.74) is 3.23. The van der Waals surface area contributed by atoms with Gasteiger partial charge >= 0.3 is 0 Å². The fourth-order valence-corrected chi connectivity index (χ4v) is 3.26. The highest BCUT2D eigenvalue weighted by atomic mass is 19.1. The number of rotatable bonds is 5. The van der Waals surface area contributed by atoms with E-state index in [9.17, 15) is 4.39 Å². The quantitative estimate of drug-likeness (QED) is 0.729. The second kappa shape index (κ2) is 7.84. The number of halogens is 1. The third-order valence-electron chi connectivity index (χ3n) is 4.60.